The Labute approximate surface area is 141 Å². The second-order valence-corrected chi connectivity index (χ2v) is 5.38. The summed E-state index contributed by atoms with van der Waals surface area (Å²) in [6.45, 7) is 2.46. The Morgan fingerprint density at radius 1 is 1.08 bits per heavy atom. The minimum absolute atomic E-state index is 0.172. The highest BCUT2D eigenvalue weighted by molar-refractivity contribution is 5.80. The molecule has 0 aromatic heterocycles. The molecule has 0 bridgehead atoms. The largest absolute Gasteiger partial charge is 0.494 e. The second-order valence-electron chi connectivity index (χ2n) is 5.38. The topological polar surface area (TPSA) is 75.6 Å². The first-order valence-electron chi connectivity index (χ1n) is 7.86. The first kappa shape index (κ1) is 17.5. The summed E-state index contributed by atoms with van der Waals surface area (Å²) in [5.74, 6) is -0.457. The average molecular weight is 327 g/mol. The summed E-state index contributed by atoms with van der Waals surface area (Å²) in [4.78, 5) is 23.3. The molecule has 0 radical (unpaired) electrons. The van der Waals surface area contributed by atoms with Crippen molar-refractivity contribution in [3.05, 3.63) is 65.7 Å². The Hall–Kier alpha value is -2.82. The van der Waals surface area contributed by atoms with Crippen LogP contribution in [0.1, 0.15) is 30.5 Å². The molecule has 0 unspecified atom stereocenters. The number of rotatable bonds is 8. The van der Waals surface area contributed by atoms with E-state index in [0.717, 1.165) is 11.1 Å². The van der Waals surface area contributed by atoms with Crippen LogP contribution in [-0.4, -0.2) is 23.6 Å². The third-order valence-corrected chi connectivity index (χ3v) is 3.51. The van der Waals surface area contributed by atoms with Crippen molar-refractivity contribution < 1.29 is 19.4 Å². The van der Waals surface area contributed by atoms with Gasteiger partial charge in [0.25, 0.3) is 0 Å². The maximum Gasteiger partial charge on any atom is 0.305 e. The van der Waals surface area contributed by atoms with Crippen LogP contribution in [-0.2, 0) is 16.0 Å². The van der Waals surface area contributed by atoms with E-state index in [2.05, 4.69) is 5.32 Å². The first-order valence-corrected chi connectivity index (χ1v) is 7.86. The van der Waals surface area contributed by atoms with Crippen LogP contribution in [0, 0.1) is 0 Å². The van der Waals surface area contributed by atoms with Crippen molar-refractivity contribution in [3.8, 4) is 5.75 Å². The van der Waals surface area contributed by atoms with Gasteiger partial charge in [-0.15, -0.1) is 0 Å². The molecule has 5 nitrogen and oxygen atoms in total. The Morgan fingerprint density at radius 3 is 2.33 bits per heavy atom. The van der Waals surface area contributed by atoms with Gasteiger partial charge in [-0.25, -0.2) is 0 Å². The van der Waals surface area contributed by atoms with Crippen molar-refractivity contribution in [1.82, 2.24) is 5.32 Å². The monoisotopic (exact) mass is 327 g/mol. The number of carboxylic acids is 1. The summed E-state index contributed by atoms with van der Waals surface area (Å²) < 4.78 is 5.38. The number of hydrogen-bond acceptors (Lipinski definition) is 3. The van der Waals surface area contributed by atoms with Crippen LogP contribution in [0.3, 0.4) is 0 Å². The lowest BCUT2D eigenvalue weighted by atomic mass is 10.0. The third kappa shape index (κ3) is 5.43. The molecule has 0 fully saturated rings. The molecule has 2 aromatic rings. The minimum atomic E-state index is -0.964. The SMILES string of the molecule is CCOc1ccc([C@H](CC(=O)O)NC(=O)Cc2ccccc2)cc1. The lowest BCUT2D eigenvalue weighted by molar-refractivity contribution is -0.137. The summed E-state index contributed by atoms with van der Waals surface area (Å²) in [5.41, 5.74) is 1.62. The van der Waals surface area contributed by atoms with Crippen LogP contribution in [0.15, 0.2) is 54.6 Å². The van der Waals surface area contributed by atoms with Gasteiger partial charge < -0.3 is 15.2 Å². The number of benzene rings is 2. The Kier molecular flexibility index (Phi) is 6.37. The number of ether oxygens (including phenoxy) is 1. The number of carbonyl (C=O) groups is 2. The van der Waals surface area contributed by atoms with E-state index in [1.807, 2.05) is 37.3 Å². The van der Waals surface area contributed by atoms with Gasteiger partial charge in [0.05, 0.1) is 25.5 Å². The van der Waals surface area contributed by atoms with Crippen LogP contribution < -0.4 is 10.1 Å². The van der Waals surface area contributed by atoms with Gasteiger partial charge in [-0.2, -0.15) is 0 Å². The zero-order valence-corrected chi connectivity index (χ0v) is 13.6. The summed E-state index contributed by atoms with van der Waals surface area (Å²) >= 11 is 0. The standard InChI is InChI=1S/C19H21NO4/c1-2-24-16-10-8-15(9-11-16)17(13-19(22)23)20-18(21)12-14-6-4-3-5-7-14/h3-11,17H,2,12-13H2,1H3,(H,20,21)(H,22,23)/t17-/m0/s1. The van der Waals surface area contributed by atoms with Crippen LogP contribution in [0.2, 0.25) is 0 Å². The third-order valence-electron chi connectivity index (χ3n) is 3.51. The summed E-state index contributed by atoms with van der Waals surface area (Å²) in [6, 6.07) is 15.9. The molecule has 5 heteroatoms. The Morgan fingerprint density at radius 2 is 1.75 bits per heavy atom. The Bertz CT molecular complexity index is 668. The molecule has 24 heavy (non-hydrogen) atoms. The fraction of sp³-hybridized carbons (Fsp3) is 0.263. The smallest absolute Gasteiger partial charge is 0.305 e. The van der Waals surface area contributed by atoms with Crippen LogP contribution in [0.25, 0.3) is 0 Å². The van der Waals surface area contributed by atoms with Crippen LogP contribution in [0.4, 0.5) is 0 Å². The van der Waals surface area contributed by atoms with E-state index in [4.69, 9.17) is 9.84 Å². The molecule has 0 aliphatic rings. The van der Waals surface area contributed by atoms with E-state index < -0.39 is 12.0 Å². The van der Waals surface area contributed by atoms with Crippen molar-refractivity contribution in [3.63, 3.8) is 0 Å². The molecule has 0 saturated heterocycles. The number of nitrogens with one attached hydrogen (secondary N) is 1. The number of carboxylic acid groups (broad SMARTS) is 1. The Balaban J connectivity index is 2.07. The molecule has 0 spiro atoms. The summed E-state index contributed by atoms with van der Waals surface area (Å²) in [7, 11) is 0. The number of hydrogen-bond donors (Lipinski definition) is 2. The quantitative estimate of drug-likeness (QED) is 0.781. The maximum atomic E-state index is 12.2. The van der Waals surface area contributed by atoms with E-state index in [-0.39, 0.29) is 18.7 Å². The summed E-state index contributed by atoms with van der Waals surface area (Å²) in [5, 5.41) is 11.9. The number of amides is 1. The average Bonchev–Trinajstić information content (AvgIpc) is 2.56. The van der Waals surface area contributed by atoms with E-state index in [1.165, 1.54) is 0 Å². The minimum Gasteiger partial charge on any atom is -0.494 e. The number of aliphatic carboxylic acids is 1. The highest BCUT2D eigenvalue weighted by atomic mass is 16.5. The van der Waals surface area contributed by atoms with E-state index in [1.54, 1.807) is 24.3 Å². The van der Waals surface area contributed by atoms with Gasteiger partial charge in [0.1, 0.15) is 5.75 Å². The fourth-order valence-corrected chi connectivity index (χ4v) is 2.42. The van der Waals surface area contributed by atoms with Gasteiger partial charge >= 0.3 is 5.97 Å². The van der Waals surface area contributed by atoms with E-state index in [9.17, 15) is 9.59 Å². The molecule has 2 N–H and O–H groups in total. The van der Waals surface area contributed by atoms with Gasteiger partial charge in [0, 0.05) is 0 Å². The van der Waals surface area contributed by atoms with E-state index >= 15 is 0 Å². The highest BCUT2D eigenvalue weighted by Crippen LogP contribution is 2.21. The van der Waals surface area contributed by atoms with Gasteiger partial charge in [-0.05, 0) is 30.2 Å². The van der Waals surface area contributed by atoms with Crippen molar-refractivity contribution in [1.29, 1.82) is 0 Å². The van der Waals surface area contributed by atoms with Crippen LogP contribution in [0.5, 0.6) is 5.75 Å². The molecule has 0 heterocycles. The zero-order chi connectivity index (χ0) is 17.4. The number of carbonyl (C=O) groups excluding carboxylic acids is 1. The molecule has 126 valence electrons. The van der Waals surface area contributed by atoms with Gasteiger partial charge in [-0.1, -0.05) is 42.5 Å². The predicted octanol–water partition coefficient (Wildman–Crippen LogP) is 2.96. The molecule has 1 atom stereocenters. The lowest BCUT2D eigenvalue weighted by Gasteiger charge is -2.18. The van der Waals surface area contributed by atoms with Gasteiger partial charge in [0.2, 0.25) is 5.91 Å². The van der Waals surface area contributed by atoms with Crippen molar-refractivity contribution in [2.45, 2.75) is 25.8 Å². The molecular weight excluding hydrogens is 306 g/mol. The molecule has 0 aliphatic heterocycles. The fourth-order valence-electron chi connectivity index (χ4n) is 2.42. The molecule has 0 aliphatic carbocycles. The van der Waals surface area contributed by atoms with Gasteiger partial charge in [0.15, 0.2) is 0 Å². The highest BCUT2D eigenvalue weighted by Gasteiger charge is 2.18. The van der Waals surface area contributed by atoms with Crippen molar-refractivity contribution >= 4 is 11.9 Å². The molecule has 2 aromatic carbocycles. The van der Waals surface area contributed by atoms with E-state index in [0.29, 0.717) is 12.4 Å². The zero-order valence-electron chi connectivity index (χ0n) is 13.6. The molecular formula is C19H21NO4. The molecule has 0 saturated carbocycles. The maximum absolute atomic E-state index is 12.2. The lowest BCUT2D eigenvalue weighted by Crippen LogP contribution is -2.31. The van der Waals surface area contributed by atoms with Crippen LogP contribution >= 0.6 is 0 Å². The molecule has 2 rings (SSSR count). The summed E-state index contributed by atoms with van der Waals surface area (Å²) in [6.07, 6.45) is 0.0441. The predicted molar refractivity (Wildman–Crippen MR) is 90.9 cm³/mol. The van der Waals surface area contributed by atoms with Gasteiger partial charge in [-0.3, -0.25) is 9.59 Å². The first-order chi connectivity index (χ1) is 11.6. The van der Waals surface area contributed by atoms with Crippen molar-refractivity contribution in [2.75, 3.05) is 6.61 Å². The normalized spacial score (nSPS) is 11.5. The van der Waals surface area contributed by atoms with Crippen molar-refractivity contribution in [2.24, 2.45) is 0 Å². The molecule has 1 amide bonds. The second kappa shape index (κ2) is 8.72.